The fourth-order valence-electron chi connectivity index (χ4n) is 3.08. The quantitative estimate of drug-likeness (QED) is 0.826. The topological polar surface area (TPSA) is 46.2 Å². The van der Waals surface area contributed by atoms with Crippen LogP contribution in [-0.4, -0.2) is 15.0 Å². The summed E-state index contributed by atoms with van der Waals surface area (Å²) in [7, 11) is -3.40. The fourth-order valence-corrected chi connectivity index (χ4v) is 4.11. The van der Waals surface area contributed by atoms with Crippen molar-refractivity contribution in [2.24, 2.45) is 5.41 Å². The van der Waals surface area contributed by atoms with E-state index in [2.05, 4.69) is 35.9 Å². The van der Waals surface area contributed by atoms with Crippen molar-refractivity contribution >= 4 is 10.0 Å². The highest BCUT2D eigenvalue weighted by Gasteiger charge is 2.41. The van der Waals surface area contributed by atoms with E-state index in [0.29, 0.717) is 11.4 Å². The molecule has 3 rings (SSSR count). The van der Waals surface area contributed by atoms with Gasteiger partial charge in [0.25, 0.3) is 0 Å². The summed E-state index contributed by atoms with van der Waals surface area (Å²) in [6.07, 6.45) is 4.31. The molecule has 24 heavy (non-hydrogen) atoms. The van der Waals surface area contributed by atoms with Gasteiger partial charge < -0.3 is 0 Å². The molecule has 1 aliphatic carbocycles. The summed E-state index contributed by atoms with van der Waals surface area (Å²) in [5.41, 5.74) is 3.96. The van der Waals surface area contributed by atoms with E-state index in [0.717, 1.165) is 18.4 Å². The first kappa shape index (κ1) is 17.2. The Morgan fingerprint density at radius 3 is 2.00 bits per heavy atom. The number of hydrogen-bond acceptors (Lipinski definition) is 2. The maximum absolute atomic E-state index is 12.3. The summed E-state index contributed by atoms with van der Waals surface area (Å²) >= 11 is 0. The highest BCUT2D eigenvalue weighted by atomic mass is 32.2. The largest absolute Gasteiger partial charge is 0.240 e. The Bertz CT molecular complexity index is 789. The smallest absolute Gasteiger partial charge is 0.211 e. The predicted octanol–water partition coefficient (Wildman–Crippen LogP) is 3.99. The lowest BCUT2D eigenvalue weighted by molar-refractivity contribution is 0.459. The molecule has 0 spiro atoms. The van der Waals surface area contributed by atoms with Crippen LogP contribution in [0, 0.1) is 19.3 Å². The molecule has 0 heterocycles. The molecule has 3 nitrogen and oxygen atoms in total. The van der Waals surface area contributed by atoms with Crippen LogP contribution in [0.4, 0.5) is 0 Å². The maximum atomic E-state index is 12.3. The fraction of sp³-hybridized carbons (Fsp3) is 0.400. The van der Waals surface area contributed by atoms with Crippen LogP contribution in [0.2, 0.25) is 0 Å². The molecule has 1 fully saturated rings. The van der Waals surface area contributed by atoms with Gasteiger partial charge in [0.15, 0.2) is 0 Å². The lowest BCUT2D eigenvalue weighted by Crippen LogP contribution is -2.27. The summed E-state index contributed by atoms with van der Waals surface area (Å²) in [6, 6.07) is 15.6. The Balaban J connectivity index is 1.55. The van der Waals surface area contributed by atoms with Crippen LogP contribution in [0.15, 0.2) is 53.4 Å². The van der Waals surface area contributed by atoms with Crippen LogP contribution < -0.4 is 4.72 Å². The van der Waals surface area contributed by atoms with E-state index < -0.39 is 10.0 Å². The molecule has 0 aliphatic heterocycles. The zero-order chi connectivity index (χ0) is 17.2. The zero-order valence-corrected chi connectivity index (χ0v) is 15.2. The van der Waals surface area contributed by atoms with Gasteiger partial charge in [0, 0.05) is 6.54 Å². The summed E-state index contributed by atoms with van der Waals surface area (Å²) in [4.78, 5) is 0.344. The molecule has 128 valence electrons. The van der Waals surface area contributed by atoms with Crippen molar-refractivity contribution in [3.63, 3.8) is 0 Å². The normalized spacial score (nSPS) is 16.1. The number of benzene rings is 2. The molecule has 1 aliphatic rings. The van der Waals surface area contributed by atoms with Crippen molar-refractivity contribution in [2.45, 2.75) is 44.4 Å². The van der Waals surface area contributed by atoms with Crippen LogP contribution in [0.1, 0.15) is 36.0 Å². The minimum absolute atomic E-state index is 0.283. The molecule has 2 aromatic carbocycles. The summed E-state index contributed by atoms with van der Waals surface area (Å²) < 4.78 is 27.4. The monoisotopic (exact) mass is 343 g/mol. The van der Waals surface area contributed by atoms with Crippen molar-refractivity contribution in [2.75, 3.05) is 6.54 Å². The third-order valence-corrected chi connectivity index (χ3v) is 6.41. The second kappa shape index (κ2) is 6.69. The number of aryl methyl sites for hydroxylation is 2. The maximum Gasteiger partial charge on any atom is 0.240 e. The lowest BCUT2D eigenvalue weighted by Gasteiger charge is -2.16. The van der Waals surface area contributed by atoms with Crippen LogP contribution in [-0.2, 0) is 16.4 Å². The second-order valence-corrected chi connectivity index (χ2v) is 8.89. The minimum Gasteiger partial charge on any atom is -0.211 e. The van der Waals surface area contributed by atoms with E-state index >= 15 is 0 Å². The standard InChI is InChI=1S/C20H25NO2S/c1-16-3-7-18(8-4-16)15-20(11-12-20)13-14-21-24(22,23)19-9-5-17(2)6-10-19/h3-10,21H,11-15H2,1-2H3. The molecule has 4 heteroatoms. The third-order valence-electron chi connectivity index (χ3n) is 4.94. The molecule has 0 bridgehead atoms. The minimum atomic E-state index is -3.40. The molecule has 0 aromatic heterocycles. The Morgan fingerprint density at radius 2 is 1.46 bits per heavy atom. The molecule has 0 unspecified atom stereocenters. The molecular weight excluding hydrogens is 318 g/mol. The van der Waals surface area contributed by atoms with Crippen molar-refractivity contribution in [1.29, 1.82) is 0 Å². The van der Waals surface area contributed by atoms with Gasteiger partial charge in [0.2, 0.25) is 10.0 Å². The van der Waals surface area contributed by atoms with Gasteiger partial charge in [-0.1, -0.05) is 47.5 Å². The second-order valence-electron chi connectivity index (χ2n) is 7.12. The first-order chi connectivity index (χ1) is 11.4. The third kappa shape index (κ3) is 4.25. The van der Waals surface area contributed by atoms with Gasteiger partial charge in [-0.25, -0.2) is 13.1 Å². The Hall–Kier alpha value is -1.65. The number of rotatable bonds is 7. The van der Waals surface area contributed by atoms with Gasteiger partial charge in [-0.05, 0) is 62.6 Å². The van der Waals surface area contributed by atoms with E-state index in [1.165, 1.54) is 24.0 Å². The number of hydrogen-bond donors (Lipinski definition) is 1. The number of sulfonamides is 1. The van der Waals surface area contributed by atoms with E-state index in [-0.39, 0.29) is 5.41 Å². The van der Waals surface area contributed by atoms with Crippen molar-refractivity contribution in [1.82, 2.24) is 4.72 Å². The Kier molecular flexibility index (Phi) is 4.79. The van der Waals surface area contributed by atoms with Gasteiger partial charge in [-0.15, -0.1) is 0 Å². The summed E-state index contributed by atoms with van der Waals surface area (Å²) in [5.74, 6) is 0. The van der Waals surface area contributed by atoms with Crippen LogP contribution >= 0.6 is 0 Å². The zero-order valence-electron chi connectivity index (χ0n) is 14.4. The van der Waals surface area contributed by atoms with E-state index in [4.69, 9.17) is 0 Å². The van der Waals surface area contributed by atoms with Crippen molar-refractivity contribution in [3.05, 3.63) is 65.2 Å². The van der Waals surface area contributed by atoms with Gasteiger partial charge in [0.1, 0.15) is 0 Å². The van der Waals surface area contributed by atoms with Crippen molar-refractivity contribution < 1.29 is 8.42 Å². The highest BCUT2D eigenvalue weighted by molar-refractivity contribution is 7.89. The molecule has 0 radical (unpaired) electrons. The molecule has 0 atom stereocenters. The molecule has 0 saturated heterocycles. The molecular formula is C20H25NO2S. The SMILES string of the molecule is Cc1ccc(CC2(CCNS(=O)(=O)c3ccc(C)cc3)CC2)cc1. The highest BCUT2D eigenvalue weighted by Crippen LogP contribution is 2.51. The predicted molar refractivity (Wildman–Crippen MR) is 97.5 cm³/mol. The average molecular weight is 343 g/mol. The Morgan fingerprint density at radius 1 is 0.917 bits per heavy atom. The van der Waals surface area contributed by atoms with Gasteiger partial charge in [-0.3, -0.25) is 0 Å². The molecule has 1 N–H and O–H groups in total. The van der Waals surface area contributed by atoms with Gasteiger partial charge >= 0.3 is 0 Å². The van der Waals surface area contributed by atoms with Gasteiger partial charge in [0.05, 0.1) is 4.90 Å². The molecule has 1 saturated carbocycles. The van der Waals surface area contributed by atoms with Crippen LogP contribution in [0.5, 0.6) is 0 Å². The number of nitrogens with one attached hydrogen (secondary N) is 1. The van der Waals surface area contributed by atoms with Crippen LogP contribution in [0.25, 0.3) is 0 Å². The van der Waals surface area contributed by atoms with E-state index in [9.17, 15) is 8.42 Å². The first-order valence-corrected chi connectivity index (χ1v) is 9.99. The summed E-state index contributed by atoms with van der Waals surface area (Å²) in [5, 5.41) is 0. The summed E-state index contributed by atoms with van der Waals surface area (Å²) in [6.45, 7) is 4.55. The van der Waals surface area contributed by atoms with Gasteiger partial charge in [-0.2, -0.15) is 0 Å². The Labute approximate surface area is 145 Å². The van der Waals surface area contributed by atoms with Crippen LogP contribution in [0.3, 0.4) is 0 Å². The first-order valence-electron chi connectivity index (χ1n) is 8.51. The molecule has 2 aromatic rings. The average Bonchev–Trinajstić information content (AvgIpc) is 3.29. The molecule has 0 amide bonds. The van der Waals surface area contributed by atoms with E-state index in [1.807, 2.05) is 19.1 Å². The lowest BCUT2D eigenvalue weighted by atomic mass is 9.93. The van der Waals surface area contributed by atoms with Crippen molar-refractivity contribution in [3.8, 4) is 0 Å². The van der Waals surface area contributed by atoms with E-state index in [1.54, 1.807) is 12.1 Å².